The van der Waals surface area contributed by atoms with Gasteiger partial charge in [-0.2, -0.15) is 18.3 Å². The largest absolute Gasteiger partial charge is 0.392 e. The summed E-state index contributed by atoms with van der Waals surface area (Å²) in [5, 5.41) is 11.0. The number of nitrogens with zero attached hydrogens (tertiary/aromatic N) is 2. The highest BCUT2D eigenvalue weighted by molar-refractivity contribution is 5.99. The van der Waals surface area contributed by atoms with E-state index in [1.165, 1.54) is 0 Å². The van der Waals surface area contributed by atoms with Gasteiger partial charge in [0.2, 0.25) is 0 Å². The Morgan fingerprint density at radius 3 is 2.65 bits per heavy atom. The maximum Gasteiger partial charge on any atom is 0.392 e. The number of rotatable bonds is 0. The highest BCUT2D eigenvalue weighted by Crippen LogP contribution is 2.54. The molecule has 5 nitrogen and oxygen atoms in total. The molecule has 0 unspecified atom stereocenters. The number of hydrogen-bond acceptors (Lipinski definition) is 5. The molecule has 3 aliphatic heterocycles. The Bertz CT molecular complexity index is 657. The summed E-state index contributed by atoms with van der Waals surface area (Å²) in [6, 6.07) is 0. The standard InChI is InChI=1S/C15H16F3N3O2/c16-15(17,18)8-5-10-12(11(22)6-8)14(1-3-23-4-2-14)9-7-19-21-13(9)20-10/h8,20H,1-7H2/t8-/m0/s1. The summed E-state index contributed by atoms with van der Waals surface area (Å²) in [6.45, 7) is 1.38. The molecule has 0 aromatic heterocycles. The van der Waals surface area contributed by atoms with Gasteiger partial charge >= 0.3 is 6.18 Å². The highest BCUT2D eigenvalue weighted by atomic mass is 19.4. The fraction of sp³-hybridized carbons (Fsp3) is 0.667. The lowest BCUT2D eigenvalue weighted by molar-refractivity contribution is -0.179. The number of carbonyl (C=O) groups excluding carboxylic acids is 1. The Hall–Kier alpha value is -1.70. The van der Waals surface area contributed by atoms with Crippen LogP contribution < -0.4 is 5.32 Å². The number of nitrogens with one attached hydrogen (secondary N) is 1. The molecule has 0 aromatic carbocycles. The molecule has 1 fully saturated rings. The lowest BCUT2D eigenvalue weighted by Gasteiger charge is -2.45. The van der Waals surface area contributed by atoms with Gasteiger partial charge in [-0.1, -0.05) is 0 Å². The first-order valence-corrected chi connectivity index (χ1v) is 7.71. The Labute approximate surface area is 130 Å². The van der Waals surface area contributed by atoms with Crippen LogP contribution in [0, 0.1) is 11.3 Å². The normalized spacial score (nSPS) is 29.7. The van der Waals surface area contributed by atoms with Crippen molar-refractivity contribution in [2.24, 2.45) is 21.6 Å². The Kier molecular flexibility index (Phi) is 3.16. The predicted octanol–water partition coefficient (Wildman–Crippen LogP) is 2.86. The average Bonchev–Trinajstić information content (AvgIpc) is 2.96. The van der Waals surface area contributed by atoms with E-state index in [2.05, 4.69) is 15.5 Å². The van der Waals surface area contributed by atoms with Crippen molar-refractivity contribution in [3.63, 3.8) is 0 Å². The molecule has 4 rings (SSSR count). The summed E-state index contributed by atoms with van der Waals surface area (Å²) in [5.41, 5.74) is 1.28. The predicted molar refractivity (Wildman–Crippen MR) is 73.2 cm³/mol. The number of alkyl halides is 3. The second kappa shape index (κ2) is 4.90. The minimum absolute atomic E-state index is 0.195. The van der Waals surface area contributed by atoms with Gasteiger partial charge in [0.1, 0.15) is 0 Å². The topological polar surface area (TPSA) is 63.0 Å². The van der Waals surface area contributed by atoms with Gasteiger partial charge in [-0.3, -0.25) is 4.79 Å². The van der Waals surface area contributed by atoms with Crippen molar-refractivity contribution in [2.45, 2.75) is 31.9 Å². The van der Waals surface area contributed by atoms with Crippen LogP contribution in [0.4, 0.5) is 13.2 Å². The van der Waals surface area contributed by atoms with E-state index >= 15 is 0 Å². The van der Waals surface area contributed by atoms with Crippen LogP contribution in [0.2, 0.25) is 0 Å². The summed E-state index contributed by atoms with van der Waals surface area (Å²) in [4.78, 5) is 12.6. The fourth-order valence-corrected chi connectivity index (χ4v) is 4.17. The second-order valence-electron chi connectivity index (χ2n) is 6.47. The first kappa shape index (κ1) is 14.9. The molecule has 3 heterocycles. The minimum Gasteiger partial charge on any atom is -0.381 e. The quantitative estimate of drug-likeness (QED) is 0.744. The lowest BCUT2D eigenvalue weighted by atomic mass is 9.62. The molecule has 4 aliphatic rings. The molecule has 1 N–H and O–H groups in total. The van der Waals surface area contributed by atoms with Gasteiger partial charge in [0.25, 0.3) is 0 Å². The maximum atomic E-state index is 13.1. The molecule has 0 saturated carbocycles. The van der Waals surface area contributed by atoms with Gasteiger partial charge < -0.3 is 10.1 Å². The summed E-state index contributed by atoms with van der Waals surface area (Å²) in [7, 11) is 0. The summed E-state index contributed by atoms with van der Waals surface area (Å²) in [6.07, 6.45) is -3.84. The molecule has 1 saturated heterocycles. The minimum atomic E-state index is -4.37. The summed E-state index contributed by atoms with van der Waals surface area (Å²) in [5.74, 6) is -1.50. The van der Waals surface area contributed by atoms with Crippen molar-refractivity contribution in [3.8, 4) is 0 Å². The van der Waals surface area contributed by atoms with Gasteiger partial charge in [-0.15, -0.1) is 5.11 Å². The number of halogens is 3. The van der Waals surface area contributed by atoms with E-state index in [1.54, 1.807) is 0 Å². The van der Waals surface area contributed by atoms with E-state index in [4.69, 9.17) is 4.74 Å². The van der Waals surface area contributed by atoms with Crippen LogP contribution in [0.25, 0.3) is 0 Å². The van der Waals surface area contributed by atoms with Crippen LogP contribution in [0.1, 0.15) is 25.7 Å². The number of fused-ring (bicyclic) bond motifs is 2. The van der Waals surface area contributed by atoms with E-state index in [0.717, 1.165) is 5.57 Å². The first-order chi connectivity index (χ1) is 10.9. The molecule has 1 aliphatic carbocycles. The van der Waals surface area contributed by atoms with Crippen LogP contribution in [0.5, 0.6) is 0 Å². The first-order valence-electron chi connectivity index (χ1n) is 7.71. The molecular weight excluding hydrogens is 311 g/mol. The van der Waals surface area contributed by atoms with Crippen LogP contribution in [0.15, 0.2) is 32.9 Å². The molecule has 0 amide bonds. The highest BCUT2D eigenvalue weighted by Gasteiger charge is 2.53. The molecule has 1 atom stereocenters. The van der Waals surface area contributed by atoms with E-state index in [-0.39, 0.29) is 6.42 Å². The van der Waals surface area contributed by atoms with E-state index in [0.29, 0.717) is 49.7 Å². The van der Waals surface area contributed by atoms with Gasteiger partial charge in [-0.05, 0) is 19.3 Å². The molecule has 23 heavy (non-hydrogen) atoms. The third kappa shape index (κ3) is 2.14. The van der Waals surface area contributed by atoms with E-state index < -0.39 is 29.7 Å². The second-order valence-corrected chi connectivity index (χ2v) is 6.47. The van der Waals surface area contributed by atoms with Gasteiger partial charge in [0.15, 0.2) is 11.6 Å². The zero-order chi connectivity index (χ0) is 16.2. The number of hydrogen-bond donors (Lipinski definition) is 1. The van der Waals surface area contributed by atoms with Crippen LogP contribution >= 0.6 is 0 Å². The van der Waals surface area contributed by atoms with Crippen LogP contribution in [0.3, 0.4) is 0 Å². The van der Waals surface area contributed by atoms with Crippen molar-refractivity contribution in [1.82, 2.24) is 5.32 Å². The third-order valence-electron chi connectivity index (χ3n) is 5.28. The monoisotopic (exact) mass is 327 g/mol. The Balaban J connectivity index is 1.79. The van der Waals surface area contributed by atoms with Crippen LogP contribution in [-0.2, 0) is 9.53 Å². The molecule has 0 bridgehead atoms. The zero-order valence-electron chi connectivity index (χ0n) is 12.4. The average molecular weight is 327 g/mol. The number of azo groups is 1. The molecule has 1 spiro atoms. The van der Waals surface area contributed by atoms with Gasteiger partial charge in [0.05, 0.1) is 12.5 Å². The van der Waals surface area contributed by atoms with E-state index in [1.807, 2.05) is 0 Å². The number of ketones is 1. The van der Waals surface area contributed by atoms with Gasteiger partial charge in [-0.25, -0.2) is 0 Å². The Morgan fingerprint density at radius 2 is 1.96 bits per heavy atom. The number of carbonyl (C=O) groups is 1. The van der Waals surface area contributed by atoms with Crippen LogP contribution in [-0.4, -0.2) is 31.7 Å². The third-order valence-corrected chi connectivity index (χ3v) is 5.28. The molecule has 124 valence electrons. The number of ether oxygens (including phenoxy) is 1. The molecule has 0 aromatic rings. The number of dihydropyridines is 1. The number of allylic oxidation sites excluding steroid dienone is 2. The van der Waals surface area contributed by atoms with E-state index in [9.17, 15) is 18.0 Å². The number of Topliss-reactive ketones (excluding diaryl/α,β-unsaturated/α-hetero) is 1. The lowest BCUT2D eigenvalue weighted by Crippen LogP contribution is -2.46. The Morgan fingerprint density at radius 1 is 1.22 bits per heavy atom. The van der Waals surface area contributed by atoms with Crippen molar-refractivity contribution < 1.29 is 22.7 Å². The van der Waals surface area contributed by atoms with Crippen molar-refractivity contribution in [2.75, 3.05) is 19.8 Å². The zero-order valence-corrected chi connectivity index (χ0v) is 12.4. The van der Waals surface area contributed by atoms with Crippen molar-refractivity contribution in [1.29, 1.82) is 0 Å². The summed E-state index contributed by atoms with van der Waals surface area (Å²) < 4.78 is 44.7. The van der Waals surface area contributed by atoms with Crippen molar-refractivity contribution in [3.05, 3.63) is 22.7 Å². The van der Waals surface area contributed by atoms with Gasteiger partial charge in [0, 0.05) is 41.9 Å². The molecule has 0 radical (unpaired) electrons. The molecule has 8 heteroatoms. The maximum absolute atomic E-state index is 13.1. The SMILES string of the molecule is O=C1C[C@@H](C(F)(F)F)CC2=C1C1(CCOCC1)C1=C(N=NC1)N2. The molecular formula is C15H16F3N3O2. The smallest absolute Gasteiger partial charge is 0.381 e. The fourth-order valence-electron chi connectivity index (χ4n) is 4.17. The summed E-state index contributed by atoms with van der Waals surface area (Å²) >= 11 is 0. The van der Waals surface area contributed by atoms with Crippen molar-refractivity contribution >= 4 is 5.78 Å².